The second-order valence-corrected chi connectivity index (χ2v) is 4.69. The van der Waals surface area contributed by atoms with Crippen molar-refractivity contribution in [2.75, 3.05) is 6.61 Å². The van der Waals surface area contributed by atoms with Crippen LogP contribution in [0.25, 0.3) is 0 Å². The summed E-state index contributed by atoms with van der Waals surface area (Å²) in [5.74, 6) is 0. The highest BCUT2D eigenvalue weighted by Gasteiger charge is 2.52. The van der Waals surface area contributed by atoms with Gasteiger partial charge in [0.15, 0.2) is 6.29 Å². The minimum Gasteiger partial charge on any atom is -0.399 e. The van der Waals surface area contributed by atoms with Crippen LogP contribution in [-0.4, -0.2) is 59.8 Å². The molecule has 3 heterocycles. The van der Waals surface area contributed by atoms with E-state index in [1.807, 2.05) is 30.3 Å². The van der Waals surface area contributed by atoms with Crippen molar-refractivity contribution in [3.63, 3.8) is 0 Å². The first-order valence-corrected chi connectivity index (χ1v) is 6.19. The first-order valence-electron chi connectivity index (χ1n) is 6.19. The number of aliphatic hydroxyl groups is 3. The summed E-state index contributed by atoms with van der Waals surface area (Å²) in [6.45, 7) is -0.310. The van der Waals surface area contributed by atoms with Crippen LogP contribution in [0.5, 0.6) is 0 Å². The average molecular weight is 266 g/mol. The molecule has 7 heteroatoms. The van der Waals surface area contributed by atoms with Gasteiger partial charge in [-0.15, -0.1) is 0 Å². The van der Waals surface area contributed by atoms with Crippen molar-refractivity contribution >= 4 is 12.6 Å². The van der Waals surface area contributed by atoms with Crippen molar-refractivity contribution in [3.05, 3.63) is 30.3 Å². The number of hydrogen-bond donors (Lipinski definition) is 3. The Morgan fingerprint density at radius 2 is 1.79 bits per heavy atom. The summed E-state index contributed by atoms with van der Waals surface area (Å²) in [6.07, 6.45) is -4.90. The molecule has 1 aromatic carbocycles. The molecule has 19 heavy (non-hydrogen) atoms. The average Bonchev–Trinajstić information content (AvgIpc) is 2.71. The summed E-state index contributed by atoms with van der Waals surface area (Å²) < 4.78 is 16.6. The van der Waals surface area contributed by atoms with Crippen LogP contribution in [0.2, 0.25) is 0 Å². The molecule has 2 bridgehead atoms. The Hall–Kier alpha value is -0.955. The molecule has 102 valence electrons. The fourth-order valence-electron chi connectivity index (χ4n) is 2.40. The Morgan fingerprint density at radius 3 is 2.47 bits per heavy atom. The lowest BCUT2D eigenvalue weighted by Gasteiger charge is -2.37. The molecule has 4 rings (SSSR count). The standard InChI is InChI=1S/C12H15BO6/c14-6-8-11-9(15)10(16)12(17-8)19-13(18-11)7-4-2-1-3-5-7/h1-5,8-12,14-16H,6H2/t8-,9-,10-,11-,12?/m1/s1. The first kappa shape index (κ1) is 13.0. The highest BCUT2D eigenvalue weighted by Crippen LogP contribution is 2.29. The maximum absolute atomic E-state index is 9.97. The predicted molar refractivity (Wildman–Crippen MR) is 65.5 cm³/mol. The maximum atomic E-state index is 9.97. The summed E-state index contributed by atoms with van der Waals surface area (Å²) in [5.41, 5.74) is 0.765. The molecule has 1 unspecified atom stereocenters. The SMILES string of the molecule is OC[C@H]1OC2OB(c3ccccc3)O[C@H]1[C@H](O)[C@H]2O. The molecular weight excluding hydrogens is 251 g/mol. The molecule has 5 atom stereocenters. The van der Waals surface area contributed by atoms with Gasteiger partial charge in [-0.3, -0.25) is 0 Å². The van der Waals surface area contributed by atoms with Crippen LogP contribution in [0, 0.1) is 0 Å². The summed E-state index contributed by atoms with van der Waals surface area (Å²) >= 11 is 0. The molecule has 0 saturated carbocycles. The van der Waals surface area contributed by atoms with E-state index in [1.165, 1.54) is 0 Å². The topological polar surface area (TPSA) is 88.4 Å². The Balaban J connectivity index is 1.89. The third-order valence-corrected chi connectivity index (χ3v) is 3.43. The first-order chi connectivity index (χ1) is 9.20. The monoisotopic (exact) mass is 266 g/mol. The fraction of sp³-hybridized carbons (Fsp3) is 0.500. The van der Waals surface area contributed by atoms with Gasteiger partial charge in [0.1, 0.15) is 24.4 Å². The van der Waals surface area contributed by atoms with E-state index in [0.717, 1.165) is 5.46 Å². The Bertz CT molecular complexity index is 427. The molecular formula is C12H15BO6. The van der Waals surface area contributed by atoms with Crippen LogP contribution in [0.4, 0.5) is 0 Å². The Kier molecular flexibility index (Phi) is 3.57. The van der Waals surface area contributed by atoms with Gasteiger partial charge in [-0.2, -0.15) is 0 Å². The zero-order chi connectivity index (χ0) is 13.4. The zero-order valence-corrected chi connectivity index (χ0v) is 10.1. The van der Waals surface area contributed by atoms with E-state index in [-0.39, 0.29) is 6.61 Å². The Labute approximate surface area is 110 Å². The van der Waals surface area contributed by atoms with Crippen LogP contribution < -0.4 is 5.46 Å². The van der Waals surface area contributed by atoms with Crippen molar-refractivity contribution in [2.24, 2.45) is 0 Å². The van der Waals surface area contributed by atoms with Crippen molar-refractivity contribution in [3.8, 4) is 0 Å². The Morgan fingerprint density at radius 1 is 1.05 bits per heavy atom. The second kappa shape index (κ2) is 5.20. The van der Waals surface area contributed by atoms with Crippen LogP contribution in [-0.2, 0) is 14.0 Å². The number of benzene rings is 1. The van der Waals surface area contributed by atoms with Gasteiger partial charge in [-0.1, -0.05) is 30.3 Å². The summed E-state index contributed by atoms with van der Waals surface area (Å²) in [5, 5.41) is 29.1. The van der Waals surface area contributed by atoms with Gasteiger partial charge in [0.2, 0.25) is 0 Å². The van der Waals surface area contributed by atoms with Crippen LogP contribution in [0.3, 0.4) is 0 Å². The summed E-state index contributed by atoms with van der Waals surface area (Å²) in [7, 11) is -0.737. The fourth-order valence-corrected chi connectivity index (χ4v) is 2.40. The normalized spacial score (nSPS) is 38.3. The van der Waals surface area contributed by atoms with E-state index in [0.29, 0.717) is 0 Å². The van der Waals surface area contributed by atoms with Gasteiger partial charge in [0, 0.05) is 0 Å². The third kappa shape index (κ3) is 2.29. The van der Waals surface area contributed by atoms with Gasteiger partial charge in [0.25, 0.3) is 0 Å². The maximum Gasteiger partial charge on any atom is 0.496 e. The lowest BCUT2D eigenvalue weighted by Crippen LogP contribution is -2.57. The smallest absolute Gasteiger partial charge is 0.399 e. The second-order valence-electron chi connectivity index (χ2n) is 4.69. The summed E-state index contributed by atoms with van der Waals surface area (Å²) in [6, 6.07) is 9.19. The van der Waals surface area contributed by atoms with Crippen molar-refractivity contribution in [1.82, 2.24) is 0 Å². The molecule has 1 aromatic rings. The molecule has 0 spiro atoms. The summed E-state index contributed by atoms with van der Waals surface area (Å²) in [4.78, 5) is 0. The van der Waals surface area contributed by atoms with E-state index in [9.17, 15) is 15.3 Å². The molecule has 3 fully saturated rings. The van der Waals surface area contributed by atoms with E-state index in [4.69, 9.17) is 14.0 Å². The van der Waals surface area contributed by atoms with Gasteiger partial charge >= 0.3 is 7.12 Å². The van der Waals surface area contributed by atoms with Crippen molar-refractivity contribution in [2.45, 2.75) is 30.7 Å². The molecule has 6 nitrogen and oxygen atoms in total. The molecule has 0 aromatic heterocycles. The molecule has 3 N–H and O–H groups in total. The highest BCUT2D eigenvalue weighted by molar-refractivity contribution is 6.61. The van der Waals surface area contributed by atoms with E-state index >= 15 is 0 Å². The van der Waals surface area contributed by atoms with E-state index in [1.54, 1.807) is 0 Å². The van der Waals surface area contributed by atoms with Crippen molar-refractivity contribution in [1.29, 1.82) is 0 Å². The molecule has 3 aliphatic rings. The molecule has 3 saturated heterocycles. The van der Waals surface area contributed by atoms with Gasteiger partial charge in [-0.25, -0.2) is 0 Å². The molecule has 0 amide bonds. The van der Waals surface area contributed by atoms with Crippen LogP contribution in [0.15, 0.2) is 30.3 Å². The number of aliphatic hydroxyl groups excluding tert-OH is 3. The molecule has 3 aliphatic heterocycles. The van der Waals surface area contributed by atoms with E-state index in [2.05, 4.69) is 0 Å². The quantitative estimate of drug-likeness (QED) is 0.549. The predicted octanol–water partition coefficient (Wildman–Crippen LogP) is -1.76. The van der Waals surface area contributed by atoms with Gasteiger partial charge in [-0.05, 0) is 5.46 Å². The zero-order valence-electron chi connectivity index (χ0n) is 10.1. The van der Waals surface area contributed by atoms with Gasteiger partial charge in [0.05, 0.1) is 6.61 Å². The number of rotatable bonds is 2. The largest absolute Gasteiger partial charge is 0.496 e. The lowest BCUT2D eigenvalue weighted by molar-refractivity contribution is -0.253. The van der Waals surface area contributed by atoms with Crippen molar-refractivity contribution < 1.29 is 29.4 Å². The number of fused-ring (bicyclic) bond motifs is 4. The minimum absolute atomic E-state index is 0.310. The lowest BCUT2D eigenvalue weighted by atomic mass is 9.78. The molecule has 0 aliphatic carbocycles. The van der Waals surface area contributed by atoms with Gasteiger partial charge < -0.3 is 29.4 Å². The number of hydrogen-bond acceptors (Lipinski definition) is 6. The third-order valence-electron chi connectivity index (χ3n) is 3.43. The minimum atomic E-state index is -1.19. The highest BCUT2D eigenvalue weighted by atomic mass is 16.8. The van der Waals surface area contributed by atoms with Crippen LogP contribution >= 0.6 is 0 Å². The molecule has 0 radical (unpaired) electrons. The number of ether oxygens (including phenoxy) is 1. The van der Waals surface area contributed by atoms with Crippen LogP contribution in [0.1, 0.15) is 0 Å². The van der Waals surface area contributed by atoms with E-state index < -0.39 is 37.8 Å².